The molecule has 0 heterocycles. The summed E-state index contributed by atoms with van der Waals surface area (Å²) in [6.45, 7) is 14.6. The Hall–Kier alpha value is -1.55. The summed E-state index contributed by atoms with van der Waals surface area (Å²) in [4.78, 5) is 12.4. The molecular formula is C18H28O3Si. The molecule has 1 aromatic carbocycles. The number of ether oxygens (including phenoxy) is 1. The van der Waals surface area contributed by atoms with Crippen LogP contribution in [0.2, 0.25) is 18.1 Å². The monoisotopic (exact) mass is 320 g/mol. The Morgan fingerprint density at radius 1 is 1.32 bits per heavy atom. The number of hydrogen-bond acceptors (Lipinski definition) is 3. The van der Waals surface area contributed by atoms with Crippen LogP contribution in [-0.2, 0) is 0 Å². The van der Waals surface area contributed by atoms with Crippen LogP contribution in [0.15, 0.2) is 30.9 Å². The summed E-state index contributed by atoms with van der Waals surface area (Å²) in [6.07, 6.45) is 2.88. The summed E-state index contributed by atoms with van der Waals surface area (Å²) in [7, 11) is -0.402. The van der Waals surface area contributed by atoms with Gasteiger partial charge >= 0.3 is 0 Å². The molecule has 3 nitrogen and oxygen atoms in total. The summed E-state index contributed by atoms with van der Waals surface area (Å²) in [5.41, 5.74) is 0.632. The lowest BCUT2D eigenvalue weighted by Crippen LogP contribution is -2.44. The SMILES string of the molecule is C=CCCC(=O)c1ccc(OC)cc1O[Si](C)(C)C(C)(C)C. The average Bonchev–Trinajstić information content (AvgIpc) is 2.43. The molecule has 0 fully saturated rings. The standard InChI is InChI=1S/C18H28O3Si/c1-8-9-10-16(19)15-12-11-14(20-5)13-17(15)21-22(6,7)18(2,3)4/h8,11-13H,1,9-10H2,2-7H3. The van der Waals surface area contributed by atoms with E-state index in [0.717, 1.165) is 0 Å². The third-order valence-corrected chi connectivity index (χ3v) is 8.58. The van der Waals surface area contributed by atoms with E-state index in [1.165, 1.54) is 0 Å². The molecule has 0 bridgehead atoms. The van der Waals surface area contributed by atoms with Gasteiger partial charge in [-0.1, -0.05) is 26.8 Å². The van der Waals surface area contributed by atoms with Gasteiger partial charge in [-0.2, -0.15) is 0 Å². The molecule has 0 unspecified atom stereocenters. The summed E-state index contributed by atoms with van der Waals surface area (Å²) in [5, 5.41) is 0.0670. The second-order valence-corrected chi connectivity index (χ2v) is 11.7. The van der Waals surface area contributed by atoms with Crippen LogP contribution in [0.3, 0.4) is 0 Å². The highest BCUT2D eigenvalue weighted by molar-refractivity contribution is 6.74. The van der Waals surface area contributed by atoms with E-state index in [2.05, 4.69) is 40.4 Å². The van der Waals surface area contributed by atoms with Crippen LogP contribution < -0.4 is 9.16 Å². The number of carbonyl (C=O) groups excluding carboxylic acids is 1. The fourth-order valence-corrected chi connectivity index (χ4v) is 2.77. The summed E-state index contributed by atoms with van der Waals surface area (Å²) >= 11 is 0. The van der Waals surface area contributed by atoms with Crippen LogP contribution in [0.5, 0.6) is 11.5 Å². The fourth-order valence-electron chi connectivity index (χ4n) is 1.74. The first-order valence-electron chi connectivity index (χ1n) is 7.63. The quantitative estimate of drug-likeness (QED) is 0.392. The van der Waals surface area contributed by atoms with Crippen molar-refractivity contribution in [3.63, 3.8) is 0 Å². The highest BCUT2D eigenvalue weighted by Crippen LogP contribution is 2.39. The van der Waals surface area contributed by atoms with Crippen LogP contribution in [-0.4, -0.2) is 21.2 Å². The van der Waals surface area contributed by atoms with Gasteiger partial charge in [0.2, 0.25) is 0 Å². The molecule has 0 aliphatic rings. The normalized spacial score (nSPS) is 11.9. The van der Waals surface area contributed by atoms with E-state index < -0.39 is 8.32 Å². The summed E-state index contributed by atoms with van der Waals surface area (Å²) in [5.74, 6) is 1.42. The first-order chi connectivity index (χ1) is 10.1. The number of methoxy groups -OCH3 is 1. The van der Waals surface area contributed by atoms with Gasteiger partial charge in [0.05, 0.1) is 12.7 Å². The predicted octanol–water partition coefficient (Wildman–Crippen LogP) is 5.23. The molecule has 0 spiro atoms. The van der Waals surface area contributed by atoms with Crippen LogP contribution in [0.25, 0.3) is 0 Å². The van der Waals surface area contributed by atoms with Crippen molar-refractivity contribution < 1.29 is 14.0 Å². The molecule has 1 rings (SSSR count). The highest BCUT2D eigenvalue weighted by atomic mass is 28.4. The van der Waals surface area contributed by atoms with Gasteiger partial charge in [-0.15, -0.1) is 6.58 Å². The van der Waals surface area contributed by atoms with Crippen molar-refractivity contribution in [1.82, 2.24) is 0 Å². The summed E-state index contributed by atoms with van der Waals surface area (Å²) < 4.78 is 11.6. The lowest BCUT2D eigenvalue weighted by atomic mass is 10.1. The number of hydrogen-bond donors (Lipinski definition) is 0. The molecule has 0 N–H and O–H groups in total. The molecule has 0 amide bonds. The maximum absolute atomic E-state index is 12.4. The van der Waals surface area contributed by atoms with Gasteiger partial charge in [0.1, 0.15) is 11.5 Å². The van der Waals surface area contributed by atoms with E-state index in [4.69, 9.17) is 9.16 Å². The van der Waals surface area contributed by atoms with E-state index in [1.807, 2.05) is 6.07 Å². The molecule has 0 saturated carbocycles. The average molecular weight is 321 g/mol. The zero-order chi connectivity index (χ0) is 17.0. The van der Waals surface area contributed by atoms with E-state index in [1.54, 1.807) is 25.3 Å². The topological polar surface area (TPSA) is 35.5 Å². The molecule has 22 heavy (non-hydrogen) atoms. The van der Waals surface area contributed by atoms with E-state index >= 15 is 0 Å². The molecule has 122 valence electrons. The van der Waals surface area contributed by atoms with Crippen LogP contribution in [0.1, 0.15) is 44.0 Å². The van der Waals surface area contributed by atoms with Crippen LogP contribution in [0, 0.1) is 0 Å². The van der Waals surface area contributed by atoms with Gasteiger partial charge in [0.15, 0.2) is 5.78 Å². The van der Waals surface area contributed by atoms with Crippen LogP contribution >= 0.6 is 0 Å². The molecule has 0 aliphatic carbocycles. The molecule has 0 saturated heterocycles. The van der Waals surface area contributed by atoms with Crippen molar-refractivity contribution >= 4 is 14.1 Å². The minimum Gasteiger partial charge on any atom is -0.543 e. The minimum atomic E-state index is -2.02. The van der Waals surface area contributed by atoms with Crippen molar-refractivity contribution in [3.8, 4) is 11.5 Å². The maximum atomic E-state index is 12.4. The second-order valence-electron chi connectivity index (χ2n) is 6.97. The van der Waals surface area contributed by atoms with Crippen molar-refractivity contribution in [1.29, 1.82) is 0 Å². The molecule has 0 atom stereocenters. The number of ketones is 1. The first kappa shape index (κ1) is 18.5. The zero-order valence-electron chi connectivity index (χ0n) is 14.7. The lowest BCUT2D eigenvalue weighted by Gasteiger charge is -2.37. The van der Waals surface area contributed by atoms with Gasteiger partial charge in [-0.3, -0.25) is 4.79 Å². The predicted molar refractivity (Wildman–Crippen MR) is 94.6 cm³/mol. The number of rotatable bonds is 7. The number of allylic oxidation sites excluding steroid dienone is 1. The fraction of sp³-hybridized carbons (Fsp3) is 0.500. The second kappa shape index (κ2) is 7.14. The van der Waals surface area contributed by atoms with Gasteiger partial charge in [0, 0.05) is 12.5 Å². The van der Waals surface area contributed by atoms with Crippen molar-refractivity contribution in [2.45, 2.75) is 51.7 Å². The van der Waals surface area contributed by atoms with Gasteiger partial charge in [0.25, 0.3) is 8.32 Å². The Kier molecular flexibility index (Phi) is 6.00. The molecule has 4 heteroatoms. The van der Waals surface area contributed by atoms with E-state index in [0.29, 0.717) is 29.9 Å². The largest absolute Gasteiger partial charge is 0.543 e. The van der Waals surface area contributed by atoms with Gasteiger partial charge < -0.3 is 9.16 Å². The third kappa shape index (κ3) is 4.47. The van der Waals surface area contributed by atoms with Gasteiger partial charge in [-0.25, -0.2) is 0 Å². The molecule has 0 radical (unpaired) electrons. The van der Waals surface area contributed by atoms with E-state index in [9.17, 15) is 4.79 Å². The number of carbonyl (C=O) groups is 1. The third-order valence-electron chi connectivity index (χ3n) is 4.24. The van der Waals surface area contributed by atoms with Crippen molar-refractivity contribution in [3.05, 3.63) is 36.4 Å². The molecule has 0 aromatic heterocycles. The Morgan fingerprint density at radius 2 is 1.95 bits per heavy atom. The Balaban J connectivity index is 3.19. The van der Waals surface area contributed by atoms with Crippen LogP contribution in [0.4, 0.5) is 0 Å². The molecule has 1 aromatic rings. The number of benzene rings is 1. The number of Topliss-reactive ketones (excluding diaryl/α,β-unsaturated/α-hetero) is 1. The molecule has 0 aliphatic heterocycles. The van der Waals surface area contributed by atoms with Crippen molar-refractivity contribution in [2.24, 2.45) is 0 Å². The Bertz CT molecular complexity index is 542. The smallest absolute Gasteiger partial charge is 0.250 e. The van der Waals surface area contributed by atoms with E-state index in [-0.39, 0.29) is 10.8 Å². The zero-order valence-corrected chi connectivity index (χ0v) is 15.7. The summed E-state index contributed by atoms with van der Waals surface area (Å²) in [6, 6.07) is 5.42. The van der Waals surface area contributed by atoms with Gasteiger partial charge in [-0.05, 0) is 36.7 Å². The first-order valence-corrected chi connectivity index (χ1v) is 10.5. The maximum Gasteiger partial charge on any atom is 0.250 e. The Morgan fingerprint density at radius 3 is 2.45 bits per heavy atom. The lowest BCUT2D eigenvalue weighted by molar-refractivity contribution is 0.0982. The highest BCUT2D eigenvalue weighted by Gasteiger charge is 2.39. The molecular weight excluding hydrogens is 292 g/mol. The van der Waals surface area contributed by atoms with Crippen molar-refractivity contribution in [2.75, 3.05) is 7.11 Å². The minimum absolute atomic E-state index is 0.0670. The Labute approximate surface area is 135 Å².